The molecule has 0 aliphatic heterocycles. The number of aromatic nitrogens is 3. The Morgan fingerprint density at radius 2 is 1.56 bits per heavy atom. The molecular weight excluding hydrogens is 308 g/mol. The molecule has 4 aromatic rings. The largest absolute Gasteiger partial charge is 0.324 e. The van der Waals surface area contributed by atoms with Gasteiger partial charge >= 0.3 is 0 Å². The summed E-state index contributed by atoms with van der Waals surface area (Å²) in [4.78, 5) is 12.3. The van der Waals surface area contributed by atoms with Gasteiger partial charge in [0.05, 0.1) is 16.6 Å². The maximum Gasteiger partial charge on any atom is 0.160 e. The summed E-state index contributed by atoms with van der Waals surface area (Å²) in [7, 11) is 0. The molecule has 0 aliphatic rings. The molecule has 0 bridgehead atoms. The van der Waals surface area contributed by atoms with Crippen LogP contribution in [0.15, 0.2) is 48.5 Å². The smallest absolute Gasteiger partial charge is 0.160 e. The lowest BCUT2D eigenvalue weighted by molar-refractivity contribution is 0.294. The van der Waals surface area contributed by atoms with Crippen molar-refractivity contribution in [2.24, 2.45) is 0 Å². The highest BCUT2D eigenvalue weighted by atomic mass is 15.1. The first-order valence-corrected chi connectivity index (χ1v) is 9.18. The van der Waals surface area contributed by atoms with Crippen molar-refractivity contribution in [1.29, 1.82) is 0 Å². The Hall–Kier alpha value is -2.46. The van der Waals surface area contributed by atoms with Crippen LogP contribution in [-0.2, 0) is 6.54 Å². The lowest BCUT2D eigenvalue weighted by atomic mass is 10.2. The molecule has 0 fully saturated rings. The number of rotatable bonds is 6. The number of nitrogens with zero attached hydrogens (tertiary/aromatic N) is 4. The Bertz CT molecular complexity index is 1010. The molecular formula is C21H24N4. The van der Waals surface area contributed by atoms with E-state index in [1.807, 2.05) is 24.3 Å². The zero-order chi connectivity index (χ0) is 17.2. The fourth-order valence-electron chi connectivity index (χ4n) is 3.60. The van der Waals surface area contributed by atoms with E-state index in [1.54, 1.807) is 0 Å². The van der Waals surface area contributed by atoms with Gasteiger partial charge in [-0.3, -0.25) is 0 Å². The van der Waals surface area contributed by atoms with E-state index in [1.165, 1.54) is 10.9 Å². The lowest BCUT2D eigenvalue weighted by Crippen LogP contribution is -2.24. The Balaban J connectivity index is 1.81. The predicted octanol–water partition coefficient (Wildman–Crippen LogP) is 4.47. The van der Waals surface area contributed by atoms with E-state index in [-0.39, 0.29) is 0 Å². The van der Waals surface area contributed by atoms with Gasteiger partial charge in [-0.15, -0.1) is 0 Å². The van der Waals surface area contributed by atoms with Crippen LogP contribution >= 0.6 is 0 Å². The van der Waals surface area contributed by atoms with Gasteiger partial charge in [-0.1, -0.05) is 44.2 Å². The first kappa shape index (κ1) is 16.0. The molecule has 2 aromatic heterocycles. The summed E-state index contributed by atoms with van der Waals surface area (Å²) in [5.41, 5.74) is 5.16. The van der Waals surface area contributed by atoms with Crippen LogP contribution in [-0.4, -0.2) is 39.1 Å². The zero-order valence-electron chi connectivity index (χ0n) is 14.9. The number of aryl methyl sites for hydroxylation is 1. The molecule has 4 nitrogen and oxygen atoms in total. The molecule has 25 heavy (non-hydrogen) atoms. The second-order valence-corrected chi connectivity index (χ2v) is 6.43. The molecule has 0 N–H and O–H groups in total. The van der Waals surface area contributed by atoms with Gasteiger partial charge in [0, 0.05) is 11.9 Å². The SMILES string of the molecule is CCN(CC)CCCn1c2ccccc2c2nc3ccccc3nc21. The third kappa shape index (κ3) is 2.87. The van der Waals surface area contributed by atoms with Gasteiger partial charge < -0.3 is 9.47 Å². The van der Waals surface area contributed by atoms with E-state index < -0.39 is 0 Å². The van der Waals surface area contributed by atoms with Crippen molar-refractivity contribution in [3.05, 3.63) is 48.5 Å². The van der Waals surface area contributed by atoms with Gasteiger partial charge in [-0.2, -0.15) is 0 Å². The molecule has 0 saturated heterocycles. The van der Waals surface area contributed by atoms with Crippen molar-refractivity contribution in [2.75, 3.05) is 19.6 Å². The fraction of sp³-hybridized carbons (Fsp3) is 0.333. The first-order chi connectivity index (χ1) is 12.3. The molecule has 0 aliphatic carbocycles. The van der Waals surface area contributed by atoms with Crippen molar-refractivity contribution in [3.63, 3.8) is 0 Å². The van der Waals surface area contributed by atoms with Crippen molar-refractivity contribution < 1.29 is 0 Å². The molecule has 0 saturated carbocycles. The topological polar surface area (TPSA) is 34.0 Å². The minimum Gasteiger partial charge on any atom is -0.324 e. The highest BCUT2D eigenvalue weighted by molar-refractivity contribution is 6.06. The van der Waals surface area contributed by atoms with E-state index in [0.29, 0.717) is 0 Å². The monoisotopic (exact) mass is 332 g/mol. The van der Waals surface area contributed by atoms with Gasteiger partial charge in [0.15, 0.2) is 5.65 Å². The van der Waals surface area contributed by atoms with Gasteiger partial charge in [0.2, 0.25) is 0 Å². The van der Waals surface area contributed by atoms with Crippen LogP contribution in [0.2, 0.25) is 0 Å². The summed E-state index contributed by atoms with van der Waals surface area (Å²) in [6.07, 6.45) is 1.12. The molecule has 128 valence electrons. The molecule has 2 aromatic carbocycles. The molecule has 0 spiro atoms. The average molecular weight is 332 g/mol. The fourth-order valence-corrected chi connectivity index (χ4v) is 3.60. The average Bonchev–Trinajstić information content (AvgIpc) is 2.97. The molecule has 0 unspecified atom stereocenters. The first-order valence-electron chi connectivity index (χ1n) is 9.18. The van der Waals surface area contributed by atoms with Gasteiger partial charge in [-0.05, 0) is 44.3 Å². The van der Waals surface area contributed by atoms with Crippen LogP contribution < -0.4 is 0 Å². The number of hydrogen-bond acceptors (Lipinski definition) is 3. The van der Waals surface area contributed by atoms with Gasteiger partial charge in [0.1, 0.15) is 5.52 Å². The van der Waals surface area contributed by atoms with Gasteiger partial charge in [-0.25, -0.2) is 9.97 Å². The van der Waals surface area contributed by atoms with Crippen molar-refractivity contribution in [3.8, 4) is 0 Å². The number of benzene rings is 2. The van der Waals surface area contributed by atoms with Gasteiger partial charge in [0.25, 0.3) is 0 Å². The highest BCUT2D eigenvalue weighted by Gasteiger charge is 2.14. The maximum atomic E-state index is 4.94. The third-order valence-corrected chi connectivity index (χ3v) is 5.01. The normalized spacial score (nSPS) is 12.0. The second kappa shape index (κ2) is 6.81. The van der Waals surface area contributed by atoms with Crippen LogP contribution in [0.3, 0.4) is 0 Å². The Morgan fingerprint density at radius 3 is 2.32 bits per heavy atom. The summed E-state index contributed by atoms with van der Waals surface area (Å²) in [5.74, 6) is 0. The van der Waals surface area contributed by atoms with E-state index in [2.05, 4.69) is 47.6 Å². The van der Waals surface area contributed by atoms with Crippen LogP contribution in [0.1, 0.15) is 20.3 Å². The molecule has 4 rings (SSSR count). The quantitative estimate of drug-likeness (QED) is 0.522. The van der Waals surface area contributed by atoms with E-state index >= 15 is 0 Å². The highest BCUT2D eigenvalue weighted by Crippen LogP contribution is 2.28. The summed E-state index contributed by atoms with van der Waals surface area (Å²) < 4.78 is 2.34. The Labute approximate surface area is 148 Å². The summed E-state index contributed by atoms with van der Waals surface area (Å²) in [6.45, 7) is 8.74. The zero-order valence-corrected chi connectivity index (χ0v) is 14.9. The Kier molecular flexibility index (Phi) is 4.36. The van der Waals surface area contributed by atoms with E-state index in [9.17, 15) is 0 Å². The molecule has 0 radical (unpaired) electrons. The number of fused-ring (bicyclic) bond motifs is 4. The van der Waals surface area contributed by atoms with Crippen molar-refractivity contribution in [1.82, 2.24) is 19.4 Å². The second-order valence-electron chi connectivity index (χ2n) is 6.43. The summed E-state index contributed by atoms with van der Waals surface area (Å²) in [6, 6.07) is 16.6. The summed E-state index contributed by atoms with van der Waals surface area (Å²) in [5, 5.41) is 1.19. The predicted molar refractivity (Wildman–Crippen MR) is 105 cm³/mol. The minimum atomic E-state index is 0.959. The maximum absolute atomic E-state index is 4.94. The third-order valence-electron chi connectivity index (χ3n) is 5.01. The molecule has 2 heterocycles. The molecule has 0 amide bonds. The summed E-state index contributed by atoms with van der Waals surface area (Å²) >= 11 is 0. The van der Waals surface area contributed by atoms with E-state index in [0.717, 1.165) is 54.8 Å². The standard InChI is InChI=1S/C21H24N4/c1-3-24(4-2)14-9-15-25-19-13-8-5-10-16(19)20-21(25)23-18-12-7-6-11-17(18)22-20/h5-8,10-13H,3-4,9,14-15H2,1-2H3. The Morgan fingerprint density at radius 1 is 0.880 bits per heavy atom. The molecule has 0 atom stereocenters. The minimum absolute atomic E-state index is 0.959. The lowest BCUT2D eigenvalue weighted by Gasteiger charge is -2.18. The van der Waals surface area contributed by atoms with Crippen LogP contribution in [0.4, 0.5) is 0 Å². The van der Waals surface area contributed by atoms with Crippen LogP contribution in [0.5, 0.6) is 0 Å². The van der Waals surface area contributed by atoms with Crippen LogP contribution in [0.25, 0.3) is 33.1 Å². The number of para-hydroxylation sites is 3. The van der Waals surface area contributed by atoms with E-state index in [4.69, 9.17) is 9.97 Å². The van der Waals surface area contributed by atoms with Crippen molar-refractivity contribution in [2.45, 2.75) is 26.8 Å². The number of hydrogen-bond donors (Lipinski definition) is 0. The van der Waals surface area contributed by atoms with Crippen LogP contribution in [0, 0.1) is 0 Å². The van der Waals surface area contributed by atoms with Crippen molar-refractivity contribution >= 4 is 33.1 Å². The molecule has 4 heteroatoms.